The summed E-state index contributed by atoms with van der Waals surface area (Å²) in [7, 11) is 2.24. The first-order chi connectivity index (χ1) is 12.0. The number of benzene rings is 1. The van der Waals surface area contributed by atoms with Gasteiger partial charge in [0.15, 0.2) is 6.04 Å². The van der Waals surface area contributed by atoms with Crippen LogP contribution >= 0.6 is 0 Å². The van der Waals surface area contributed by atoms with Crippen LogP contribution in [0.25, 0.3) is 0 Å². The van der Waals surface area contributed by atoms with Gasteiger partial charge in [0.05, 0.1) is 32.2 Å². The topological polar surface area (TPSA) is 62.9 Å². The third kappa shape index (κ3) is 4.42. The van der Waals surface area contributed by atoms with E-state index in [-0.39, 0.29) is 30.1 Å². The smallest absolute Gasteiger partial charge is 0.292 e. The van der Waals surface area contributed by atoms with Crippen molar-refractivity contribution in [2.45, 2.75) is 18.9 Å². The lowest BCUT2D eigenvalue weighted by molar-refractivity contribution is -1.00. The highest BCUT2D eigenvalue weighted by atomic mass is 19.1. The number of nitrogens with two attached hydrogens (primary N) is 1. The molecule has 4 N–H and O–H groups in total. The van der Waals surface area contributed by atoms with Crippen LogP contribution in [0.1, 0.15) is 12.8 Å². The summed E-state index contributed by atoms with van der Waals surface area (Å²) in [5.74, 6) is -0.767. The van der Waals surface area contributed by atoms with Crippen LogP contribution in [0.3, 0.4) is 0 Å². The summed E-state index contributed by atoms with van der Waals surface area (Å²) in [5.41, 5.74) is 0.455. The number of nitrogens with zero attached hydrogens (tertiary/aromatic N) is 1. The molecule has 2 fully saturated rings. The van der Waals surface area contributed by atoms with Crippen molar-refractivity contribution < 1.29 is 29.1 Å². The molecule has 1 atom stereocenters. The number of hydrogen-bond donors (Lipinski definition) is 3. The van der Waals surface area contributed by atoms with E-state index >= 15 is 0 Å². The molecule has 0 bridgehead atoms. The molecule has 0 aromatic heterocycles. The fourth-order valence-electron chi connectivity index (χ4n) is 3.65. The van der Waals surface area contributed by atoms with Crippen molar-refractivity contribution in [2.24, 2.45) is 0 Å². The first-order valence-electron chi connectivity index (χ1n) is 9.15. The van der Waals surface area contributed by atoms with Crippen molar-refractivity contribution in [1.29, 1.82) is 0 Å². The zero-order valence-corrected chi connectivity index (χ0v) is 14.8. The van der Waals surface area contributed by atoms with Gasteiger partial charge in [-0.2, -0.15) is 0 Å². The van der Waals surface area contributed by atoms with Crippen LogP contribution in [0.5, 0.6) is 0 Å². The van der Waals surface area contributed by atoms with Crippen molar-refractivity contribution in [1.82, 2.24) is 0 Å². The number of rotatable bonds is 6. The van der Waals surface area contributed by atoms with Gasteiger partial charge in [0.2, 0.25) is 5.91 Å². The van der Waals surface area contributed by atoms with Crippen LogP contribution in [0.4, 0.5) is 10.1 Å². The fourth-order valence-corrected chi connectivity index (χ4v) is 3.65. The zero-order chi connectivity index (χ0) is 17.8. The number of carbonyl (C=O) groups excluding carboxylic acids is 2. The van der Waals surface area contributed by atoms with Gasteiger partial charge >= 0.3 is 0 Å². The second-order valence-corrected chi connectivity index (χ2v) is 7.19. The van der Waals surface area contributed by atoms with Crippen LogP contribution < -0.4 is 20.0 Å². The number of anilines is 1. The number of amides is 2. The Morgan fingerprint density at radius 3 is 2.52 bits per heavy atom. The Labute approximate surface area is 147 Å². The van der Waals surface area contributed by atoms with E-state index in [1.165, 1.54) is 55.3 Å². The molecule has 2 aliphatic rings. The minimum atomic E-state index is -0.376. The molecule has 7 heteroatoms. The summed E-state index contributed by atoms with van der Waals surface area (Å²) in [5, 5.41) is 1.99. The maximum atomic E-state index is 13.0. The van der Waals surface area contributed by atoms with E-state index < -0.39 is 0 Å². The highest BCUT2D eigenvalue weighted by Gasteiger charge is 2.42. The SMILES string of the molecule is C[NH+]1CC[NH+](CCC[NH2+][C@H]2CC(=O)N(c3ccc(F)cc3)C2=O)CC1. The lowest BCUT2D eigenvalue weighted by Crippen LogP contribution is -3.27. The second-order valence-electron chi connectivity index (χ2n) is 7.19. The molecular weight excluding hydrogens is 323 g/mol. The number of piperazine rings is 1. The highest BCUT2D eigenvalue weighted by molar-refractivity contribution is 6.21. The van der Waals surface area contributed by atoms with Gasteiger partial charge in [0, 0.05) is 6.42 Å². The molecule has 2 saturated heterocycles. The predicted molar refractivity (Wildman–Crippen MR) is 90.9 cm³/mol. The Bertz CT molecular complexity index is 614. The number of nitrogens with one attached hydrogen (secondary N) is 2. The Balaban J connectivity index is 1.45. The molecule has 0 radical (unpaired) electrons. The normalized spacial score (nSPS) is 27.1. The molecule has 25 heavy (non-hydrogen) atoms. The number of hydrogen-bond acceptors (Lipinski definition) is 2. The van der Waals surface area contributed by atoms with Crippen molar-refractivity contribution in [2.75, 3.05) is 51.2 Å². The standard InChI is InChI=1S/C18H25FN4O2/c1-21-9-11-22(12-10-21)8-2-7-20-16-13-17(24)23(18(16)25)15-5-3-14(19)4-6-15/h3-6,16,20H,2,7-13H2,1H3/p+3/t16-/m0/s1. The number of likely N-dealkylation sites (N-methyl/N-ethyl adjacent to an activating group) is 1. The monoisotopic (exact) mass is 351 g/mol. The van der Waals surface area contributed by atoms with Crippen molar-refractivity contribution >= 4 is 17.5 Å². The largest absolute Gasteiger partial charge is 0.335 e. The average molecular weight is 351 g/mol. The van der Waals surface area contributed by atoms with Gasteiger partial charge in [0.1, 0.15) is 32.0 Å². The van der Waals surface area contributed by atoms with Crippen LogP contribution in [-0.2, 0) is 9.59 Å². The molecular formula is C18H28FN4O2+3. The molecule has 6 nitrogen and oxygen atoms in total. The number of halogens is 1. The lowest BCUT2D eigenvalue weighted by atomic mass is 10.2. The van der Waals surface area contributed by atoms with Crippen LogP contribution in [0.2, 0.25) is 0 Å². The third-order valence-electron chi connectivity index (χ3n) is 5.26. The fraction of sp³-hybridized carbons (Fsp3) is 0.556. The van der Waals surface area contributed by atoms with Gasteiger partial charge in [-0.05, 0) is 24.3 Å². The van der Waals surface area contributed by atoms with Crippen molar-refractivity contribution in [3.8, 4) is 0 Å². The summed E-state index contributed by atoms with van der Waals surface area (Å²) < 4.78 is 13.0. The summed E-state index contributed by atoms with van der Waals surface area (Å²) in [6.45, 7) is 6.85. The summed E-state index contributed by atoms with van der Waals surface area (Å²) in [6, 6.07) is 5.16. The van der Waals surface area contributed by atoms with Gasteiger partial charge in [-0.3, -0.25) is 9.59 Å². The van der Waals surface area contributed by atoms with E-state index in [0.29, 0.717) is 5.69 Å². The van der Waals surface area contributed by atoms with Crippen molar-refractivity contribution in [3.05, 3.63) is 30.1 Å². The van der Waals surface area contributed by atoms with Crippen LogP contribution in [-0.4, -0.2) is 64.2 Å². The highest BCUT2D eigenvalue weighted by Crippen LogP contribution is 2.21. The van der Waals surface area contributed by atoms with E-state index in [1.807, 2.05) is 5.32 Å². The second kappa shape index (κ2) is 8.03. The molecule has 0 aliphatic carbocycles. The van der Waals surface area contributed by atoms with Gasteiger partial charge in [-0.1, -0.05) is 0 Å². The number of imide groups is 1. The van der Waals surface area contributed by atoms with E-state index in [0.717, 1.165) is 19.5 Å². The van der Waals surface area contributed by atoms with Gasteiger partial charge in [-0.25, -0.2) is 9.29 Å². The lowest BCUT2D eigenvalue weighted by Gasteiger charge is -2.27. The minimum Gasteiger partial charge on any atom is -0.335 e. The average Bonchev–Trinajstić information content (AvgIpc) is 2.88. The summed E-state index contributed by atoms with van der Waals surface area (Å²) in [6.07, 6.45) is 1.27. The van der Waals surface area contributed by atoms with Crippen molar-refractivity contribution in [3.63, 3.8) is 0 Å². The number of quaternary nitrogens is 3. The Morgan fingerprint density at radius 2 is 1.84 bits per heavy atom. The number of carbonyl (C=O) groups is 2. The van der Waals surface area contributed by atoms with E-state index in [2.05, 4.69) is 7.05 Å². The van der Waals surface area contributed by atoms with E-state index in [1.54, 1.807) is 9.80 Å². The minimum absolute atomic E-state index is 0.188. The molecule has 0 spiro atoms. The van der Waals surface area contributed by atoms with E-state index in [4.69, 9.17) is 0 Å². The quantitative estimate of drug-likeness (QED) is 0.374. The summed E-state index contributed by atoms with van der Waals surface area (Å²) >= 11 is 0. The Morgan fingerprint density at radius 1 is 1.16 bits per heavy atom. The Kier molecular flexibility index (Phi) is 5.78. The molecule has 1 aromatic carbocycles. The van der Waals surface area contributed by atoms with Crippen LogP contribution in [0, 0.1) is 5.82 Å². The van der Waals surface area contributed by atoms with Gasteiger partial charge < -0.3 is 15.1 Å². The van der Waals surface area contributed by atoms with Gasteiger partial charge in [0.25, 0.3) is 5.91 Å². The molecule has 1 aromatic rings. The first kappa shape index (κ1) is 18.0. The molecule has 2 aliphatic heterocycles. The van der Waals surface area contributed by atoms with E-state index in [9.17, 15) is 14.0 Å². The molecule has 2 amide bonds. The Hall–Kier alpha value is -1.83. The molecule has 3 rings (SSSR count). The van der Waals surface area contributed by atoms with Crippen LogP contribution in [0.15, 0.2) is 24.3 Å². The first-order valence-corrected chi connectivity index (χ1v) is 9.15. The molecule has 0 saturated carbocycles. The summed E-state index contributed by atoms with van der Waals surface area (Å²) in [4.78, 5) is 29.1. The molecule has 136 valence electrons. The molecule has 2 heterocycles. The zero-order valence-electron chi connectivity index (χ0n) is 14.8. The maximum absolute atomic E-state index is 13.0. The predicted octanol–water partition coefficient (Wildman–Crippen LogP) is -3.18. The molecule has 0 unspecified atom stereocenters. The van der Waals surface area contributed by atoms with Gasteiger partial charge in [-0.15, -0.1) is 0 Å². The maximum Gasteiger partial charge on any atom is 0.292 e. The third-order valence-corrected chi connectivity index (χ3v) is 5.26.